The fraction of sp³-hybridized carbons (Fsp3) is 0.550. The number of aromatic nitrogens is 6. The Bertz CT molecular complexity index is 1040. The molecule has 6 rings (SSSR count). The van der Waals surface area contributed by atoms with Gasteiger partial charge in [0.05, 0.1) is 17.6 Å². The summed E-state index contributed by atoms with van der Waals surface area (Å²) < 4.78 is 2.08. The van der Waals surface area contributed by atoms with Gasteiger partial charge in [0.25, 0.3) is 0 Å². The monoisotopic (exact) mass is 376 g/mol. The lowest BCUT2D eigenvalue weighted by molar-refractivity contribution is 0.244. The highest BCUT2D eigenvalue weighted by Gasteiger charge is 2.48. The molecule has 8 heteroatoms. The first kappa shape index (κ1) is 16.2. The summed E-state index contributed by atoms with van der Waals surface area (Å²) in [6, 6.07) is 2.62. The number of fused-ring (bicyclic) bond motifs is 1. The maximum Gasteiger partial charge on any atom is 0.227 e. The van der Waals surface area contributed by atoms with Gasteiger partial charge in [0.15, 0.2) is 5.65 Å². The Labute approximate surface area is 163 Å². The summed E-state index contributed by atoms with van der Waals surface area (Å²) in [6.45, 7) is 8.10. The number of aryl methyl sites for hydroxylation is 2. The van der Waals surface area contributed by atoms with Crippen LogP contribution in [-0.4, -0.2) is 55.9 Å². The van der Waals surface area contributed by atoms with Gasteiger partial charge < -0.3 is 9.80 Å². The van der Waals surface area contributed by atoms with Crippen LogP contribution in [0.25, 0.3) is 11.0 Å². The summed E-state index contributed by atoms with van der Waals surface area (Å²) in [7, 11) is 0. The van der Waals surface area contributed by atoms with Crippen molar-refractivity contribution in [2.75, 3.05) is 36.0 Å². The van der Waals surface area contributed by atoms with E-state index < -0.39 is 0 Å². The van der Waals surface area contributed by atoms with Crippen LogP contribution in [0.1, 0.15) is 36.8 Å². The highest BCUT2D eigenvalue weighted by molar-refractivity contribution is 5.75. The predicted molar refractivity (Wildman–Crippen MR) is 107 cm³/mol. The van der Waals surface area contributed by atoms with Gasteiger partial charge >= 0.3 is 0 Å². The van der Waals surface area contributed by atoms with E-state index in [0.717, 1.165) is 60.5 Å². The third-order valence-electron chi connectivity index (χ3n) is 6.26. The maximum atomic E-state index is 4.88. The summed E-state index contributed by atoms with van der Waals surface area (Å²) in [4.78, 5) is 23.2. The molecule has 144 valence electrons. The molecule has 3 aromatic rings. The molecule has 1 saturated carbocycles. The average molecular weight is 376 g/mol. The van der Waals surface area contributed by atoms with Gasteiger partial charge in [0.1, 0.15) is 11.6 Å². The van der Waals surface area contributed by atoms with E-state index >= 15 is 0 Å². The minimum Gasteiger partial charge on any atom is -0.355 e. The summed E-state index contributed by atoms with van der Waals surface area (Å²) in [5.41, 5.74) is 2.34. The largest absolute Gasteiger partial charge is 0.355 e. The Kier molecular flexibility index (Phi) is 3.25. The van der Waals surface area contributed by atoms with Crippen LogP contribution in [-0.2, 0) is 0 Å². The zero-order valence-corrected chi connectivity index (χ0v) is 16.3. The van der Waals surface area contributed by atoms with Gasteiger partial charge in [0.2, 0.25) is 5.95 Å². The van der Waals surface area contributed by atoms with E-state index in [4.69, 9.17) is 4.98 Å². The lowest BCUT2D eigenvalue weighted by Crippen LogP contribution is -2.58. The van der Waals surface area contributed by atoms with Crippen LogP contribution in [0.4, 0.5) is 11.8 Å². The van der Waals surface area contributed by atoms with E-state index in [0.29, 0.717) is 11.5 Å². The second-order valence-corrected chi connectivity index (χ2v) is 8.71. The van der Waals surface area contributed by atoms with Crippen molar-refractivity contribution in [3.05, 3.63) is 30.0 Å². The van der Waals surface area contributed by atoms with Crippen molar-refractivity contribution in [2.24, 2.45) is 5.41 Å². The molecule has 1 aliphatic carbocycles. The molecule has 0 aromatic carbocycles. The number of hydrogen-bond donors (Lipinski definition) is 0. The molecular weight excluding hydrogens is 352 g/mol. The van der Waals surface area contributed by atoms with E-state index in [1.165, 1.54) is 19.3 Å². The molecule has 28 heavy (non-hydrogen) atoms. The third kappa shape index (κ3) is 2.54. The molecule has 2 saturated heterocycles. The number of nitrogens with zero attached hydrogens (tertiary/aromatic N) is 8. The molecule has 0 amide bonds. The molecule has 8 nitrogen and oxygen atoms in total. The Balaban J connectivity index is 1.20. The van der Waals surface area contributed by atoms with E-state index in [-0.39, 0.29) is 0 Å². The predicted octanol–water partition coefficient (Wildman–Crippen LogP) is 2.28. The molecule has 5 heterocycles. The third-order valence-corrected chi connectivity index (χ3v) is 6.26. The van der Waals surface area contributed by atoms with Crippen LogP contribution in [0.2, 0.25) is 0 Å². The highest BCUT2D eigenvalue weighted by Crippen LogP contribution is 2.42. The molecule has 0 unspecified atom stereocenters. The first-order chi connectivity index (χ1) is 13.6. The molecule has 0 atom stereocenters. The Hall–Kier alpha value is -2.77. The molecule has 0 radical (unpaired) electrons. The minimum absolute atomic E-state index is 0.321. The van der Waals surface area contributed by atoms with Gasteiger partial charge in [-0.1, -0.05) is 0 Å². The molecule has 3 aliphatic rings. The van der Waals surface area contributed by atoms with E-state index in [2.05, 4.69) is 40.6 Å². The first-order valence-corrected chi connectivity index (χ1v) is 10.1. The normalized spacial score (nSPS) is 20.9. The SMILES string of the molecule is Cc1cc(N2CC3(CCN(c4ncc5cnn(C6CC6)c5n4)C3)C2)nc(C)n1. The quantitative estimate of drug-likeness (QED) is 0.694. The highest BCUT2D eigenvalue weighted by atomic mass is 15.4. The zero-order chi connectivity index (χ0) is 18.9. The summed E-state index contributed by atoms with van der Waals surface area (Å²) in [5.74, 6) is 2.75. The van der Waals surface area contributed by atoms with Crippen LogP contribution in [0.15, 0.2) is 18.5 Å². The molecular formula is C20H24N8. The summed E-state index contributed by atoms with van der Waals surface area (Å²) in [6.07, 6.45) is 7.41. The van der Waals surface area contributed by atoms with Gasteiger partial charge in [-0.05, 0) is 33.1 Å². The van der Waals surface area contributed by atoms with Gasteiger partial charge in [-0.15, -0.1) is 0 Å². The molecule has 1 spiro atoms. The van der Waals surface area contributed by atoms with E-state index in [9.17, 15) is 0 Å². The molecule has 3 aromatic heterocycles. The topological polar surface area (TPSA) is 75.9 Å². The Morgan fingerprint density at radius 1 is 1.00 bits per heavy atom. The van der Waals surface area contributed by atoms with Crippen LogP contribution in [0.5, 0.6) is 0 Å². The second kappa shape index (κ2) is 5.62. The zero-order valence-electron chi connectivity index (χ0n) is 16.3. The summed E-state index contributed by atoms with van der Waals surface area (Å²) in [5, 5.41) is 5.55. The van der Waals surface area contributed by atoms with Crippen molar-refractivity contribution in [3.8, 4) is 0 Å². The molecule has 3 fully saturated rings. The fourth-order valence-electron chi connectivity index (χ4n) is 4.71. The first-order valence-electron chi connectivity index (χ1n) is 10.1. The van der Waals surface area contributed by atoms with Crippen LogP contribution >= 0.6 is 0 Å². The van der Waals surface area contributed by atoms with Crippen molar-refractivity contribution in [1.29, 1.82) is 0 Å². The van der Waals surface area contributed by atoms with Crippen LogP contribution in [0.3, 0.4) is 0 Å². The number of hydrogen-bond acceptors (Lipinski definition) is 7. The van der Waals surface area contributed by atoms with Gasteiger partial charge in [0, 0.05) is 49.6 Å². The van der Waals surface area contributed by atoms with E-state index in [1.54, 1.807) is 0 Å². The Morgan fingerprint density at radius 3 is 2.61 bits per heavy atom. The maximum absolute atomic E-state index is 4.88. The fourth-order valence-corrected chi connectivity index (χ4v) is 4.71. The van der Waals surface area contributed by atoms with Crippen molar-refractivity contribution in [3.63, 3.8) is 0 Å². The van der Waals surface area contributed by atoms with Crippen LogP contribution < -0.4 is 9.80 Å². The van der Waals surface area contributed by atoms with Gasteiger partial charge in [-0.25, -0.2) is 19.6 Å². The van der Waals surface area contributed by atoms with Gasteiger partial charge in [-0.2, -0.15) is 10.1 Å². The molecule has 0 N–H and O–H groups in total. The minimum atomic E-state index is 0.321. The van der Waals surface area contributed by atoms with Crippen molar-refractivity contribution < 1.29 is 0 Å². The van der Waals surface area contributed by atoms with E-state index in [1.807, 2.05) is 26.2 Å². The lowest BCUT2D eigenvalue weighted by atomic mass is 9.79. The summed E-state index contributed by atoms with van der Waals surface area (Å²) >= 11 is 0. The second-order valence-electron chi connectivity index (χ2n) is 8.71. The smallest absolute Gasteiger partial charge is 0.227 e. The van der Waals surface area contributed by atoms with Crippen molar-refractivity contribution >= 4 is 22.8 Å². The standard InChI is InChI=1S/C20H24N8/c1-13-7-17(24-14(2)23-13)27-11-20(12-27)5-6-26(10-20)19-21-8-15-9-22-28(16-3-4-16)18(15)25-19/h7-9,16H,3-6,10-12H2,1-2H3. The molecule has 0 bridgehead atoms. The van der Waals surface area contributed by atoms with Crippen molar-refractivity contribution in [2.45, 2.75) is 39.2 Å². The average Bonchev–Trinajstić information content (AvgIpc) is 3.24. The number of rotatable bonds is 3. The van der Waals surface area contributed by atoms with Crippen molar-refractivity contribution in [1.82, 2.24) is 29.7 Å². The van der Waals surface area contributed by atoms with Gasteiger partial charge in [-0.3, -0.25) is 0 Å². The molecule has 2 aliphatic heterocycles. The Morgan fingerprint density at radius 2 is 1.82 bits per heavy atom. The number of anilines is 2. The lowest BCUT2D eigenvalue weighted by Gasteiger charge is -2.48. The van der Waals surface area contributed by atoms with Crippen LogP contribution in [0, 0.1) is 19.3 Å².